The predicted molar refractivity (Wildman–Crippen MR) is 74.4 cm³/mol. The second kappa shape index (κ2) is 4.47. The third kappa shape index (κ3) is 2.12. The van der Waals surface area contributed by atoms with Crippen molar-refractivity contribution in [2.45, 2.75) is 6.92 Å². The van der Waals surface area contributed by atoms with E-state index in [4.69, 9.17) is 0 Å². The number of benzene rings is 1. The summed E-state index contributed by atoms with van der Waals surface area (Å²) in [7, 11) is 0. The van der Waals surface area contributed by atoms with Crippen LogP contribution in [-0.4, -0.2) is 15.9 Å². The van der Waals surface area contributed by atoms with Gasteiger partial charge in [-0.2, -0.15) is 0 Å². The Labute approximate surface area is 111 Å². The van der Waals surface area contributed by atoms with E-state index in [0.29, 0.717) is 10.1 Å². The van der Waals surface area contributed by atoms with Crippen LogP contribution in [0.25, 0.3) is 10.2 Å². The Morgan fingerprint density at radius 3 is 3.06 bits per heavy atom. The van der Waals surface area contributed by atoms with Gasteiger partial charge in [0.25, 0.3) is 5.91 Å². The van der Waals surface area contributed by atoms with Crippen LogP contribution in [0.15, 0.2) is 29.8 Å². The molecule has 0 aliphatic heterocycles. The number of anilines is 1. The monoisotopic (exact) mass is 275 g/mol. The van der Waals surface area contributed by atoms with E-state index in [9.17, 15) is 4.79 Å². The van der Waals surface area contributed by atoms with Crippen LogP contribution < -0.4 is 5.32 Å². The van der Waals surface area contributed by atoms with E-state index in [0.717, 1.165) is 10.2 Å². The summed E-state index contributed by atoms with van der Waals surface area (Å²) in [6.07, 6.45) is 1.61. The number of thiazole rings is 2. The molecule has 0 fully saturated rings. The number of aromatic nitrogens is 2. The summed E-state index contributed by atoms with van der Waals surface area (Å²) >= 11 is 2.78. The van der Waals surface area contributed by atoms with Crippen molar-refractivity contribution >= 4 is 43.9 Å². The van der Waals surface area contributed by atoms with E-state index in [2.05, 4.69) is 21.4 Å². The van der Waals surface area contributed by atoms with Crippen molar-refractivity contribution in [2.75, 3.05) is 5.32 Å². The molecular weight excluding hydrogens is 266 g/mol. The van der Waals surface area contributed by atoms with Gasteiger partial charge in [-0.3, -0.25) is 10.1 Å². The smallest absolute Gasteiger partial charge is 0.286 e. The maximum Gasteiger partial charge on any atom is 0.286 e. The van der Waals surface area contributed by atoms with Gasteiger partial charge in [-0.05, 0) is 24.6 Å². The number of aryl methyl sites for hydroxylation is 1. The normalized spacial score (nSPS) is 10.7. The minimum absolute atomic E-state index is 0.208. The van der Waals surface area contributed by atoms with E-state index in [1.54, 1.807) is 11.6 Å². The molecule has 0 spiro atoms. The van der Waals surface area contributed by atoms with Crippen LogP contribution in [0, 0.1) is 6.92 Å². The first-order chi connectivity index (χ1) is 8.72. The molecule has 0 bridgehead atoms. The van der Waals surface area contributed by atoms with Gasteiger partial charge in [0.1, 0.15) is 0 Å². The molecule has 90 valence electrons. The summed E-state index contributed by atoms with van der Waals surface area (Å²) in [6, 6.07) is 6.03. The van der Waals surface area contributed by atoms with Crippen LogP contribution in [0.5, 0.6) is 0 Å². The van der Waals surface area contributed by atoms with Gasteiger partial charge in [0.05, 0.1) is 10.2 Å². The molecule has 0 atom stereocenters. The van der Waals surface area contributed by atoms with E-state index in [1.165, 1.54) is 28.2 Å². The Balaban J connectivity index is 1.89. The van der Waals surface area contributed by atoms with E-state index >= 15 is 0 Å². The Morgan fingerprint density at radius 2 is 2.28 bits per heavy atom. The minimum atomic E-state index is -0.208. The highest BCUT2D eigenvalue weighted by molar-refractivity contribution is 7.22. The first-order valence-corrected chi connectivity index (χ1v) is 7.00. The molecule has 0 aliphatic rings. The molecule has 1 N–H and O–H groups in total. The van der Waals surface area contributed by atoms with Crippen molar-refractivity contribution in [3.8, 4) is 0 Å². The number of rotatable bonds is 2. The summed E-state index contributed by atoms with van der Waals surface area (Å²) in [5.41, 5.74) is 2.09. The number of nitrogens with one attached hydrogen (secondary N) is 1. The van der Waals surface area contributed by atoms with Gasteiger partial charge < -0.3 is 0 Å². The molecule has 18 heavy (non-hydrogen) atoms. The molecule has 6 heteroatoms. The van der Waals surface area contributed by atoms with Crippen molar-refractivity contribution in [1.82, 2.24) is 9.97 Å². The second-order valence-electron chi connectivity index (χ2n) is 3.78. The Bertz CT molecular complexity index is 703. The zero-order valence-electron chi connectivity index (χ0n) is 9.51. The molecule has 2 heterocycles. The third-order valence-corrected chi connectivity index (χ3v) is 4.10. The van der Waals surface area contributed by atoms with Crippen LogP contribution in [0.2, 0.25) is 0 Å². The molecule has 1 amide bonds. The van der Waals surface area contributed by atoms with Crippen molar-refractivity contribution in [3.05, 3.63) is 40.3 Å². The number of nitrogens with zero attached hydrogens (tertiary/aromatic N) is 2. The molecule has 0 radical (unpaired) electrons. The van der Waals surface area contributed by atoms with E-state index in [-0.39, 0.29) is 5.91 Å². The number of hydrogen-bond acceptors (Lipinski definition) is 5. The minimum Gasteiger partial charge on any atom is -0.296 e. The zero-order valence-corrected chi connectivity index (χ0v) is 11.1. The van der Waals surface area contributed by atoms with Gasteiger partial charge in [0.2, 0.25) is 0 Å². The molecular formula is C12H9N3OS2. The number of carbonyl (C=O) groups is 1. The van der Waals surface area contributed by atoms with Crippen molar-refractivity contribution < 1.29 is 4.79 Å². The highest BCUT2D eigenvalue weighted by Crippen LogP contribution is 2.27. The van der Waals surface area contributed by atoms with Gasteiger partial charge in [-0.25, -0.2) is 9.97 Å². The highest BCUT2D eigenvalue weighted by Gasteiger charge is 2.11. The van der Waals surface area contributed by atoms with Crippen molar-refractivity contribution in [3.63, 3.8) is 0 Å². The van der Waals surface area contributed by atoms with Gasteiger partial charge in [-0.1, -0.05) is 17.4 Å². The lowest BCUT2D eigenvalue weighted by atomic mass is 10.2. The van der Waals surface area contributed by atoms with Crippen molar-refractivity contribution in [2.24, 2.45) is 0 Å². The first kappa shape index (κ1) is 11.3. The van der Waals surface area contributed by atoms with E-state index < -0.39 is 0 Å². The summed E-state index contributed by atoms with van der Waals surface area (Å²) in [6.45, 7) is 2.03. The summed E-state index contributed by atoms with van der Waals surface area (Å²) in [5, 5.41) is 5.60. The molecule has 3 aromatic rings. The molecule has 0 saturated carbocycles. The zero-order chi connectivity index (χ0) is 12.5. The van der Waals surface area contributed by atoms with Gasteiger partial charge in [-0.15, -0.1) is 11.3 Å². The predicted octanol–water partition coefficient (Wildman–Crippen LogP) is 3.31. The molecule has 0 saturated heterocycles. The average molecular weight is 275 g/mol. The molecule has 0 unspecified atom stereocenters. The van der Waals surface area contributed by atoms with Crippen LogP contribution >= 0.6 is 22.7 Å². The Kier molecular flexibility index (Phi) is 2.81. The summed E-state index contributed by atoms with van der Waals surface area (Å²) < 4.78 is 1.07. The molecule has 1 aromatic carbocycles. The average Bonchev–Trinajstić information content (AvgIpc) is 2.95. The topological polar surface area (TPSA) is 54.9 Å². The third-order valence-electron chi connectivity index (χ3n) is 2.39. The molecule has 4 nitrogen and oxygen atoms in total. The fraction of sp³-hybridized carbons (Fsp3) is 0.0833. The standard InChI is InChI=1S/C12H9N3OS2/c1-7-2-3-8-9(6-7)18-12(14-8)15-10(16)11-13-4-5-17-11/h2-6H,1H3,(H,14,15,16). The van der Waals surface area contributed by atoms with Crippen LogP contribution in [0.3, 0.4) is 0 Å². The second-order valence-corrected chi connectivity index (χ2v) is 5.71. The SMILES string of the molecule is Cc1ccc2nc(NC(=O)c3nccs3)sc2c1. The lowest BCUT2D eigenvalue weighted by molar-refractivity contribution is 0.102. The lowest BCUT2D eigenvalue weighted by Crippen LogP contribution is -2.10. The van der Waals surface area contributed by atoms with Gasteiger partial charge in [0, 0.05) is 11.6 Å². The molecule has 0 aliphatic carbocycles. The maximum atomic E-state index is 11.8. The number of amides is 1. The van der Waals surface area contributed by atoms with E-state index in [1.807, 2.05) is 19.1 Å². The highest BCUT2D eigenvalue weighted by atomic mass is 32.1. The maximum absolute atomic E-state index is 11.8. The summed E-state index contributed by atoms with van der Waals surface area (Å²) in [4.78, 5) is 20.2. The summed E-state index contributed by atoms with van der Waals surface area (Å²) in [5.74, 6) is -0.208. The number of fused-ring (bicyclic) bond motifs is 1. The fourth-order valence-electron chi connectivity index (χ4n) is 1.57. The largest absolute Gasteiger partial charge is 0.296 e. The van der Waals surface area contributed by atoms with Crippen molar-refractivity contribution in [1.29, 1.82) is 0 Å². The van der Waals surface area contributed by atoms with Crippen LogP contribution in [0.1, 0.15) is 15.4 Å². The quantitative estimate of drug-likeness (QED) is 0.780. The number of hydrogen-bond donors (Lipinski definition) is 1. The van der Waals surface area contributed by atoms with Gasteiger partial charge in [0.15, 0.2) is 10.1 Å². The number of carbonyl (C=O) groups excluding carboxylic acids is 1. The Morgan fingerprint density at radius 1 is 1.39 bits per heavy atom. The fourth-order valence-corrected chi connectivity index (χ4v) is 3.06. The first-order valence-electron chi connectivity index (χ1n) is 5.30. The van der Waals surface area contributed by atoms with Crippen LogP contribution in [0.4, 0.5) is 5.13 Å². The van der Waals surface area contributed by atoms with Gasteiger partial charge >= 0.3 is 0 Å². The van der Waals surface area contributed by atoms with Crippen LogP contribution in [-0.2, 0) is 0 Å². The Hall–Kier alpha value is -1.79. The molecule has 2 aromatic heterocycles. The molecule has 3 rings (SSSR count). The lowest BCUT2D eigenvalue weighted by Gasteiger charge is -1.95.